The van der Waals surface area contributed by atoms with E-state index in [9.17, 15) is 0 Å². The van der Waals surface area contributed by atoms with Gasteiger partial charge in [-0.2, -0.15) is 0 Å². The monoisotopic (exact) mass is 297 g/mol. The zero-order valence-electron chi connectivity index (χ0n) is 16.4. The summed E-state index contributed by atoms with van der Waals surface area (Å²) in [6, 6.07) is 0. The summed E-state index contributed by atoms with van der Waals surface area (Å²) in [6.07, 6.45) is 6.75. The quantitative estimate of drug-likeness (QED) is 0.483. The second kappa shape index (κ2) is 9.87. The van der Waals surface area contributed by atoms with Gasteiger partial charge in [-0.3, -0.25) is 0 Å². The van der Waals surface area contributed by atoms with Crippen molar-refractivity contribution in [3.8, 4) is 0 Å². The zero-order valence-corrected chi connectivity index (χ0v) is 16.4. The summed E-state index contributed by atoms with van der Waals surface area (Å²) in [4.78, 5) is 0. The predicted octanol–water partition coefficient (Wildman–Crippen LogP) is 6.14. The molecule has 0 aliphatic heterocycles. The third kappa shape index (κ3) is 8.24. The maximum atomic E-state index is 3.45. The van der Waals surface area contributed by atoms with Gasteiger partial charge in [-0.15, -0.1) is 0 Å². The molecule has 0 aromatic heterocycles. The first-order valence-corrected chi connectivity index (χ1v) is 9.33. The Labute approximate surface area is 135 Å². The molecule has 0 radical (unpaired) electrons. The van der Waals surface area contributed by atoms with Gasteiger partial charge in [0, 0.05) is 5.54 Å². The normalized spacial score (nSPS) is 18.6. The van der Waals surface area contributed by atoms with Crippen LogP contribution in [0, 0.1) is 29.6 Å². The number of hydrogen-bond donors (Lipinski definition) is 1. The first-order valence-electron chi connectivity index (χ1n) is 9.33. The largest absolute Gasteiger partial charge is 0.315 e. The van der Waals surface area contributed by atoms with Gasteiger partial charge in [0.25, 0.3) is 0 Å². The van der Waals surface area contributed by atoms with Crippen molar-refractivity contribution in [2.75, 3.05) is 7.05 Å². The van der Waals surface area contributed by atoms with Crippen molar-refractivity contribution in [3.05, 3.63) is 0 Å². The molecule has 1 heteroatoms. The molecule has 0 fully saturated rings. The molecule has 0 saturated carbocycles. The highest BCUT2D eigenvalue weighted by Gasteiger charge is 2.27. The van der Waals surface area contributed by atoms with Crippen LogP contribution < -0.4 is 5.32 Å². The number of rotatable bonds is 11. The Morgan fingerprint density at radius 2 is 1.48 bits per heavy atom. The van der Waals surface area contributed by atoms with Crippen LogP contribution in [0.2, 0.25) is 0 Å². The SMILES string of the molecule is CCC(C)CCC(C(C)CCC(C)(C)NC)C(C)C(C)C. The van der Waals surface area contributed by atoms with E-state index in [2.05, 4.69) is 67.8 Å². The van der Waals surface area contributed by atoms with Crippen LogP contribution in [0.3, 0.4) is 0 Å². The van der Waals surface area contributed by atoms with Crippen molar-refractivity contribution in [1.82, 2.24) is 5.32 Å². The van der Waals surface area contributed by atoms with Gasteiger partial charge in [-0.1, -0.05) is 54.4 Å². The van der Waals surface area contributed by atoms with E-state index in [1.165, 1.54) is 32.1 Å². The molecule has 1 nitrogen and oxygen atoms in total. The van der Waals surface area contributed by atoms with Crippen molar-refractivity contribution < 1.29 is 0 Å². The Hall–Kier alpha value is -0.0400. The van der Waals surface area contributed by atoms with E-state index in [0.29, 0.717) is 0 Å². The minimum atomic E-state index is 0.274. The van der Waals surface area contributed by atoms with E-state index < -0.39 is 0 Å². The number of hydrogen-bond acceptors (Lipinski definition) is 1. The van der Waals surface area contributed by atoms with Crippen LogP contribution in [-0.2, 0) is 0 Å². The Kier molecular flexibility index (Phi) is 9.85. The molecule has 4 unspecified atom stereocenters. The summed E-state index contributed by atoms with van der Waals surface area (Å²) in [7, 11) is 2.09. The molecule has 21 heavy (non-hydrogen) atoms. The van der Waals surface area contributed by atoms with E-state index in [1.54, 1.807) is 0 Å². The molecule has 0 bridgehead atoms. The average Bonchev–Trinajstić information content (AvgIpc) is 2.44. The average molecular weight is 298 g/mol. The molecule has 0 aromatic carbocycles. The van der Waals surface area contributed by atoms with Gasteiger partial charge in [0.05, 0.1) is 0 Å². The lowest BCUT2D eigenvalue weighted by molar-refractivity contribution is 0.163. The minimum absolute atomic E-state index is 0.274. The molecule has 1 N–H and O–H groups in total. The molecule has 0 aliphatic carbocycles. The second-order valence-electron chi connectivity index (χ2n) is 8.51. The smallest absolute Gasteiger partial charge is 0.0122 e. The molecule has 4 atom stereocenters. The first-order chi connectivity index (χ1) is 9.64. The topological polar surface area (TPSA) is 12.0 Å². The van der Waals surface area contributed by atoms with Gasteiger partial charge < -0.3 is 5.32 Å². The highest BCUT2D eigenvalue weighted by Crippen LogP contribution is 2.35. The predicted molar refractivity (Wildman–Crippen MR) is 97.7 cm³/mol. The third-order valence-corrected chi connectivity index (χ3v) is 6.05. The summed E-state index contributed by atoms with van der Waals surface area (Å²) >= 11 is 0. The molecule has 0 heterocycles. The van der Waals surface area contributed by atoms with Crippen LogP contribution in [0.25, 0.3) is 0 Å². The highest BCUT2D eigenvalue weighted by atomic mass is 14.9. The minimum Gasteiger partial charge on any atom is -0.315 e. The van der Waals surface area contributed by atoms with E-state index in [-0.39, 0.29) is 5.54 Å². The van der Waals surface area contributed by atoms with Gasteiger partial charge in [0.15, 0.2) is 0 Å². The lowest BCUT2D eigenvalue weighted by atomic mass is 9.72. The summed E-state index contributed by atoms with van der Waals surface area (Å²) in [6.45, 7) is 19.1. The maximum absolute atomic E-state index is 3.45. The number of nitrogens with one attached hydrogen (secondary N) is 1. The molecule has 0 amide bonds. The fourth-order valence-corrected chi connectivity index (χ4v) is 3.17. The van der Waals surface area contributed by atoms with Gasteiger partial charge in [-0.05, 0) is 69.7 Å². The molecule has 0 saturated heterocycles. The fourth-order valence-electron chi connectivity index (χ4n) is 3.17. The van der Waals surface area contributed by atoms with Crippen LogP contribution in [0.5, 0.6) is 0 Å². The summed E-state index contributed by atoms with van der Waals surface area (Å²) < 4.78 is 0. The van der Waals surface area contributed by atoms with E-state index in [4.69, 9.17) is 0 Å². The van der Waals surface area contributed by atoms with Crippen molar-refractivity contribution in [1.29, 1.82) is 0 Å². The molecule has 0 aromatic rings. The Bertz CT molecular complexity index is 257. The van der Waals surface area contributed by atoms with Gasteiger partial charge >= 0.3 is 0 Å². The molecule has 0 aliphatic rings. The molecular weight excluding hydrogens is 254 g/mol. The summed E-state index contributed by atoms with van der Waals surface area (Å²) in [5, 5.41) is 3.45. The van der Waals surface area contributed by atoms with Crippen molar-refractivity contribution in [2.45, 2.75) is 93.0 Å². The van der Waals surface area contributed by atoms with E-state index in [0.717, 1.165) is 29.6 Å². The Morgan fingerprint density at radius 1 is 0.905 bits per heavy atom. The zero-order chi connectivity index (χ0) is 16.6. The van der Waals surface area contributed by atoms with Crippen molar-refractivity contribution in [3.63, 3.8) is 0 Å². The summed E-state index contributed by atoms with van der Waals surface area (Å²) in [5.41, 5.74) is 0.274. The third-order valence-electron chi connectivity index (χ3n) is 6.05. The lowest BCUT2D eigenvalue weighted by Gasteiger charge is -2.35. The van der Waals surface area contributed by atoms with Crippen LogP contribution in [0.1, 0.15) is 87.5 Å². The van der Waals surface area contributed by atoms with Crippen LogP contribution in [0.15, 0.2) is 0 Å². The molecule has 0 spiro atoms. The van der Waals surface area contributed by atoms with Crippen LogP contribution in [0.4, 0.5) is 0 Å². The Balaban J connectivity index is 4.62. The van der Waals surface area contributed by atoms with Gasteiger partial charge in [0.1, 0.15) is 0 Å². The lowest BCUT2D eigenvalue weighted by Crippen LogP contribution is -2.37. The fraction of sp³-hybridized carbons (Fsp3) is 1.00. The van der Waals surface area contributed by atoms with Crippen molar-refractivity contribution >= 4 is 0 Å². The first kappa shape index (κ1) is 21.0. The summed E-state index contributed by atoms with van der Waals surface area (Å²) in [5.74, 6) is 4.23. The Morgan fingerprint density at radius 3 is 1.90 bits per heavy atom. The molecular formula is C20H43N. The van der Waals surface area contributed by atoms with Crippen LogP contribution in [-0.4, -0.2) is 12.6 Å². The standard InChI is InChI=1S/C20H43N/c1-10-16(4)11-12-19(18(6)15(2)3)17(5)13-14-20(7,8)21-9/h15-19,21H,10-14H2,1-9H3. The molecule has 128 valence electrons. The van der Waals surface area contributed by atoms with Gasteiger partial charge in [0.2, 0.25) is 0 Å². The van der Waals surface area contributed by atoms with Crippen LogP contribution >= 0.6 is 0 Å². The second-order valence-corrected chi connectivity index (χ2v) is 8.51. The molecule has 0 rings (SSSR count). The van der Waals surface area contributed by atoms with Gasteiger partial charge in [-0.25, -0.2) is 0 Å². The van der Waals surface area contributed by atoms with E-state index >= 15 is 0 Å². The highest BCUT2D eigenvalue weighted by molar-refractivity contribution is 4.80. The van der Waals surface area contributed by atoms with Crippen molar-refractivity contribution in [2.24, 2.45) is 29.6 Å². The maximum Gasteiger partial charge on any atom is 0.0122 e. The van der Waals surface area contributed by atoms with E-state index in [1.807, 2.05) is 0 Å².